The third-order valence-electron chi connectivity index (χ3n) is 3.25. The molecule has 0 aliphatic heterocycles. The summed E-state index contributed by atoms with van der Waals surface area (Å²) in [5.41, 5.74) is 6.93. The fourth-order valence-electron chi connectivity index (χ4n) is 2.13. The van der Waals surface area contributed by atoms with E-state index in [1.54, 1.807) is 29.1 Å². The van der Waals surface area contributed by atoms with Gasteiger partial charge in [0.1, 0.15) is 5.69 Å². The lowest BCUT2D eigenvalue weighted by Crippen LogP contribution is -2.42. The number of aromatic amines is 1. The highest BCUT2D eigenvalue weighted by Crippen LogP contribution is 2.11. The Balaban J connectivity index is 1.70. The van der Waals surface area contributed by atoms with E-state index in [1.807, 2.05) is 37.3 Å². The molecule has 0 aliphatic carbocycles. The van der Waals surface area contributed by atoms with Gasteiger partial charge in [0.2, 0.25) is 0 Å². The molecule has 0 aliphatic rings. The van der Waals surface area contributed by atoms with Crippen molar-refractivity contribution >= 4 is 11.8 Å². The summed E-state index contributed by atoms with van der Waals surface area (Å²) in [5.74, 6) is -0.912. The van der Waals surface area contributed by atoms with Gasteiger partial charge in [0.25, 0.3) is 11.8 Å². The number of para-hydroxylation sites is 1. The van der Waals surface area contributed by atoms with Gasteiger partial charge in [-0.05, 0) is 37.3 Å². The fourth-order valence-corrected chi connectivity index (χ4v) is 2.13. The van der Waals surface area contributed by atoms with Crippen LogP contribution in [0.1, 0.15) is 26.7 Å². The van der Waals surface area contributed by atoms with E-state index >= 15 is 0 Å². The molecule has 3 N–H and O–H groups in total. The van der Waals surface area contributed by atoms with Crippen LogP contribution < -0.4 is 10.9 Å². The number of rotatable bonds is 3. The zero-order chi connectivity index (χ0) is 16.2. The van der Waals surface area contributed by atoms with Gasteiger partial charge in [-0.25, -0.2) is 4.68 Å². The molecule has 7 heteroatoms. The van der Waals surface area contributed by atoms with Crippen molar-refractivity contribution in [3.63, 3.8) is 0 Å². The molecule has 3 aromatic rings. The van der Waals surface area contributed by atoms with Crippen molar-refractivity contribution in [1.29, 1.82) is 0 Å². The van der Waals surface area contributed by atoms with E-state index in [9.17, 15) is 9.59 Å². The number of hydrogen-bond acceptors (Lipinski definition) is 3. The molecular weight excluding hydrogens is 294 g/mol. The summed E-state index contributed by atoms with van der Waals surface area (Å²) >= 11 is 0. The number of aryl methyl sites for hydroxylation is 1. The average Bonchev–Trinajstić information content (AvgIpc) is 3.23. The minimum Gasteiger partial charge on any atom is -0.357 e. The van der Waals surface area contributed by atoms with Crippen LogP contribution in [-0.2, 0) is 0 Å². The standard InChI is InChI=1S/C16H15N5O2/c1-11-10-14(20-21(11)12-6-3-2-4-7-12)16(23)19-18-15(22)13-8-5-9-17-13/h2-10,17H,1H3,(H,18,22)(H,19,23). The maximum Gasteiger partial charge on any atom is 0.290 e. The van der Waals surface area contributed by atoms with Gasteiger partial charge in [-0.15, -0.1) is 0 Å². The zero-order valence-corrected chi connectivity index (χ0v) is 12.4. The van der Waals surface area contributed by atoms with Crippen molar-refractivity contribution in [3.8, 4) is 5.69 Å². The Morgan fingerprint density at radius 3 is 2.48 bits per heavy atom. The summed E-state index contributed by atoms with van der Waals surface area (Å²) in [5, 5.41) is 4.27. The summed E-state index contributed by atoms with van der Waals surface area (Å²) in [6, 6.07) is 14.5. The molecule has 0 unspecified atom stereocenters. The highest BCUT2D eigenvalue weighted by molar-refractivity contribution is 5.97. The molecule has 7 nitrogen and oxygen atoms in total. The lowest BCUT2D eigenvalue weighted by Gasteiger charge is -2.05. The predicted octanol–water partition coefficient (Wildman–Crippen LogP) is 1.58. The van der Waals surface area contributed by atoms with Gasteiger partial charge in [0.05, 0.1) is 5.69 Å². The Bertz CT molecular complexity index is 822. The van der Waals surface area contributed by atoms with Crippen LogP contribution in [0.2, 0.25) is 0 Å². The SMILES string of the molecule is Cc1cc(C(=O)NNC(=O)c2ccc[nH]2)nn1-c1ccccc1. The first kappa shape index (κ1) is 14.6. The van der Waals surface area contributed by atoms with Crippen molar-refractivity contribution in [3.05, 3.63) is 71.8 Å². The predicted molar refractivity (Wildman–Crippen MR) is 84.0 cm³/mol. The van der Waals surface area contributed by atoms with E-state index in [0.29, 0.717) is 5.69 Å². The third-order valence-corrected chi connectivity index (χ3v) is 3.25. The molecule has 0 saturated carbocycles. The van der Waals surface area contributed by atoms with Crippen molar-refractivity contribution in [1.82, 2.24) is 25.6 Å². The highest BCUT2D eigenvalue weighted by atomic mass is 16.2. The first-order valence-corrected chi connectivity index (χ1v) is 7.01. The highest BCUT2D eigenvalue weighted by Gasteiger charge is 2.14. The quantitative estimate of drug-likeness (QED) is 0.641. The number of aromatic nitrogens is 3. The number of benzene rings is 1. The summed E-state index contributed by atoms with van der Waals surface area (Å²) in [4.78, 5) is 26.6. The molecule has 0 saturated heterocycles. The van der Waals surface area contributed by atoms with E-state index in [-0.39, 0.29) is 5.69 Å². The second-order valence-electron chi connectivity index (χ2n) is 4.91. The van der Waals surface area contributed by atoms with Crippen molar-refractivity contribution in [2.75, 3.05) is 0 Å². The van der Waals surface area contributed by atoms with E-state index in [2.05, 4.69) is 20.9 Å². The molecule has 1 aromatic carbocycles. The number of nitrogens with one attached hydrogen (secondary N) is 3. The van der Waals surface area contributed by atoms with Crippen LogP contribution in [0.4, 0.5) is 0 Å². The first-order chi connectivity index (χ1) is 11.1. The van der Waals surface area contributed by atoms with Gasteiger partial charge in [0, 0.05) is 11.9 Å². The van der Waals surface area contributed by atoms with Gasteiger partial charge in [-0.3, -0.25) is 20.4 Å². The minimum atomic E-state index is -0.484. The summed E-state index contributed by atoms with van der Waals surface area (Å²) in [7, 11) is 0. The van der Waals surface area contributed by atoms with Gasteiger partial charge in [-0.2, -0.15) is 5.10 Å². The van der Waals surface area contributed by atoms with Crippen LogP contribution in [0.5, 0.6) is 0 Å². The summed E-state index contributed by atoms with van der Waals surface area (Å²) in [6.45, 7) is 1.86. The largest absolute Gasteiger partial charge is 0.357 e. The van der Waals surface area contributed by atoms with Gasteiger partial charge in [-0.1, -0.05) is 18.2 Å². The van der Waals surface area contributed by atoms with Crippen LogP contribution in [0.3, 0.4) is 0 Å². The molecule has 0 fully saturated rings. The Labute approximate surface area is 132 Å². The van der Waals surface area contributed by atoms with Crippen LogP contribution in [0.25, 0.3) is 5.69 Å². The molecule has 116 valence electrons. The molecule has 0 radical (unpaired) electrons. The maximum absolute atomic E-state index is 12.1. The van der Waals surface area contributed by atoms with Crippen LogP contribution in [-0.4, -0.2) is 26.6 Å². The Morgan fingerprint density at radius 1 is 1.04 bits per heavy atom. The molecule has 0 spiro atoms. The van der Waals surface area contributed by atoms with Crippen LogP contribution in [0.15, 0.2) is 54.7 Å². The number of hydrazine groups is 1. The summed E-state index contributed by atoms with van der Waals surface area (Å²) < 4.78 is 1.67. The smallest absolute Gasteiger partial charge is 0.290 e. The summed E-state index contributed by atoms with van der Waals surface area (Å²) in [6.07, 6.45) is 1.63. The minimum absolute atomic E-state index is 0.220. The van der Waals surface area contributed by atoms with E-state index in [1.165, 1.54) is 0 Å². The van der Waals surface area contributed by atoms with Gasteiger partial charge >= 0.3 is 0 Å². The van der Waals surface area contributed by atoms with E-state index in [0.717, 1.165) is 11.4 Å². The monoisotopic (exact) mass is 309 g/mol. The normalized spacial score (nSPS) is 10.3. The second kappa shape index (κ2) is 6.18. The molecule has 3 rings (SSSR count). The number of H-pyrrole nitrogens is 1. The van der Waals surface area contributed by atoms with E-state index < -0.39 is 11.8 Å². The lowest BCUT2D eigenvalue weighted by molar-refractivity contribution is 0.0841. The Hall–Kier alpha value is -3.35. The molecule has 23 heavy (non-hydrogen) atoms. The molecular formula is C16H15N5O2. The lowest BCUT2D eigenvalue weighted by atomic mass is 10.3. The molecule has 2 heterocycles. The van der Waals surface area contributed by atoms with Crippen LogP contribution >= 0.6 is 0 Å². The number of carbonyl (C=O) groups excluding carboxylic acids is 2. The first-order valence-electron chi connectivity index (χ1n) is 7.01. The van der Waals surface area contributed by atoms with Crippen molar-refractivity contribution in [2.45, 2.75) is 6.92 Å². The Morgan fingerprint density at radius 2 is 1.78 bits per heavy atom. The number of amides is 2. The molecule has 2 aromatic heterocycles. The number of nitrogens with zero attached hydrogens (tertiary/aromatic N) is 2. The van der Waals surface area contributed by atoms with Gasteiger partial charge < -0.3 is 4.98 Å². The van der Waals surface area contributed by atoms with Crippen molar-refractivity contribution < 1.29 is 9.59 Å². The molecule has 0 atom stereocenters. The topological polar surface area (TPSA) is 91.8 Å². The van der Waals surface area contributed by atoms with E-state index in [4.69, 9.17) is 0 Å². The molecule has 0 bridgehead atoms. The van der Waals surface area contributed by atoms with Gasteiger partial charge in [0.15, 0.2) is 5.69 Å². The number of hydrogen-bond donors (Lipinski definition) is 3. The third kappa shape index (κ3) is 3.13. The van der Waals surface area contributed by atoms with Crippen LogP contribution in [0, 0.1) is 6.92 Å². The Kier molecular flexibility index (Phi) is 3.92. The molecule has 2 amide bonds. The number of carbonyl (C=O) groups is 2. The second-order valence-corrected chi connectivity index (χ2v) is 4.91. The zero-order valence-electron chi connectivity index (χ0n) is 12.4. The fraction of sp³-hybridized carbons (Fsp3) is 0.0625. The average molecular weight is 309 g/mol. The maximum atomic E-state index is 12.1. The van der Waals surface area contributed by atoms with Crippen molar-refractivity contribution in [2.24, 2.45) is 0 Å².